The molecule has 2 amide bonds. The molecule has 0 aromatic rings. The second kappa shape index (κ2) is 5.50. The maximum Gasteiger partial charge on any atom is 0.312 e. The number of carbonyl (C=O) groups is 2. The highest BCUT2D eigenvalue weighted by Crippen LogP contribution is 2.25. The molecule has 2 atom stereocenters. The summed E-state index contributed by atoms with van der Waals surface area (Å²) in [5.41, 5.74) is 0. The minimum absolute atomic E-state index is 0.116. The van der Waals surface area contributed by atoms with E-state index in [2.05, 4.69) is 5.32 Å². The highest BCUT2D eigenvalue weighted by molar-refractivity contribution is 6.35. The highest BCUT2D eigenvalue weighted by atomic mass is 16.2. The third-order valence-corrected chi connectivity index (χ3v) is 3.01. The van der Waals surface area contributed by atoms with Gasteiger partial charge in [0.05, 0.1) is 6.07 Å². The van der Waals surface area contributed by atoms with E-state index in [1.807, 2.05) is 13.8 Å². The van der Waals surface area contributed by atoms with Gasteiger partial charge in [-0.15, -0.1) is 0 Å². The Kier molecular flexibility index (Phi) is 4.29. The van der Waals surface area contributed by atoms with E-state index in [4.69, 9.17) is 5.26 Å². The molecule has 0 bridgehead atoms. The van der Waals surface area contributed by atoms with E-state index in [0.29, 0.717) is 0 Å². The van der Waals surface area contributed by atoms with Crippen LogP contribution < -0.4 is 5.32 Å². The van der Waals surface area contributed by atoms with Crippen LogP contribution in [0.2, 0.25) is 0 Å². The predicted molar refractivity (Wildman–Crippen MR) is 58.2 cm³/mol. The molecule has 0 radical (unpaired) electrons. The Balaban J connectivity index is 2.64. The molecule has 0 aromatic carbocycles. The van der Waals surface area contributed by atoms with Gasteiger partial charge in [0, 0.05) is 12.1 Å². The molecule has 1 heterocycles. The monoisotopic (exact) mass is 223 g/mol. The number of nitriles is 1. The van der Waals surface area contributed by atoms with E-state index >= 15 is 0 Å². The molecule has 5 nitrogen and oxygen atoms in total. The topological polar surface area (TPSA) is 73.2 Å². The Morgan fingerprint density at radius 2 is 2.19 bits per heavy atom. The first-order chi connectivity index (χ1) is 7.61. The van der Waals surface area contributed by atoms with Crippen molar-refractivity contribution in [1.29, 1.82) is 5.26 Å². The predicted octanol–water partition coefficient (Wildman–Crippen LogP) is 0.416. The van der Waals surface area contributed by atoms with Crippen molar-refractivity contribution in [2.45, 2.75) is 45.2 Å². The average Bonchev–Trinajstić information content (AvgIpc) is 2.66. The lowest BCUT2D eigenvalue weighted by molar-refractivity contribution is -0.147. The Hall–Kier alpha value is -1.57. The maximum atomic E-state index is 11.8. The van der Waals surface area contributed by atoms with Crippen LogP contribution in [0.5, 0.6) is 0 Å². The van der Waals surface area contributed by atoms with Gasteiger partial charge < -0.3 is 10.2 Å². The second-order valence-electron chi connectivity index (χ2n) is 4.04. The lowest BCUT2D eigenvalue weighted by Gasteiger charge is -2.26. The molecule has 0 aliphatic carbocycles. The molecule has 0 aromatic heterocycles. The van der Waals surface area contributed by atoms with Crippen LogP contribution in [0.25, 0.3) is 0 Å². The second-order valence-corrected chi connectivity index (χ2v) is 4.04. The standard InChI is InChI=1S/C11H17N3O2/c1-3-9-5-4-8(2)14(9)11(16)10(15)13-7-6-12/h8-9H,3-5,7H2,1-2H3,(H,13,15). The fourth-order valence-electron chi connectivity index (χ4n) is 2.15. The molecule has 0 saturated carbocycles. The Bertz CT molecular complexity index is 322. The van der Waals surface area contributed by atoms with Gasteiger partial charge in [-0.2, -0.15) is 5.26 Å². The Morgan fingerprint density at radius 1 is 1.50 bits per heavy atom. The summed E-state index contributed by atoms with van der Waals surface area (Å²) < 4.78 is 0. The number of amides is 2. The van der Waals surface area contributed by atoms with Crippen LogP contribution in [-0.4, -0.2) is 35.3 Å². The normalized spacial score (nSPS) is 23.9. The summed E-state index contributed by atoms with van der Waals surface area (Å²) in [4.78, 5) is 24.9. The van der Waals surface area contributed by atoms with Crippen molar-refractivity contribution < 1.29 is 9.59 Å². The van der Waals surface area contributed by atoms with Crippen molar-refractivity contribution in [2.24, 2.45) is 0 Å². The van der Waals surface area contributed by atoms with E-state index in [1.54, 1.807) is 11.0 Å². The van der Waals surface area contributed by atoms with Gasteiger partial charge in [-0.05, 0) is 26.2 Å². The van der Waals surface area contributed by atoms with Gasteiger partial charge >= 0.3 is 11.8 Å². The van der Waals surface area contributed by atoms with Gasteiger partial charge in [0.2, 0.25) is 0 Å². The lowest BCUT2D eigenvalue weighted by atomic mass is 10.1. The number of likely N-dealkylation sites (tertiary alicyclic amines) is 1. The minimum atomic E-state index is -0.672. The third kappa shape index (κ3) is 2.51. The van der Waals surface area contributed by atoms with E-state index < -0.39 is 11.8 Å². The van der Waals surface area contributed by atoms with Crippen LogP contribution in [0.3, 0.4) is 0 Å². The fourth-order valence-corrected chi connectivity index (χ4v) is 2.15. The number of rotatable bonds is 2. The molecule has 0 spiro atoms. The number of nitrogens with one attached hydrogen (secondary N) is 1. The zero-order chi connectivity index (χ0) is 12.1. The molecule has 1 N–H and O–H groups in total. The van der Waals surface area contributed by atoms with Crippen molar-refractivity contribution in [1.82, 2.24) is 10.2 Å². The Morgan fingerprint density at radius 3 is 2.75 bits per heavy atom. The van der Waals surface area contributed by atoms with Gasteiger partial charge in [-0.1, -0.05) is 6.92 Å². The van der Waals surface area contributed by atoms with Crippen molar-refractivity contribution >= 4 is 11.8 Å². The Labute approximate surface area is 95.4 Å². The molecule has 1 saturated heterocycles. The third-order valence-electron chi connectivity index (χ3n) is 3.01. The summed E-state index contributed by atoms with van der Waals surface area (Å²) in [6.45, 7) is 3.84. The first kappa shape index (κ1) is 12.5. The molecule has 1 rings (SSSR count). The maximum absolute atomic E-state index is 11.8. The van der Waals surface area contributed by atoms with Gasteiger partial charge in [0.25, 0.3) is 0 Å². The molecule has 1 aliphatic heterocycles. The smallest absolute Gasteiger partial charge is 0.312 e. The quantitative estimate of drug-likeness (QED) is 0.544. The molecule has 88 valence electrons. The molecular weight excluding hydrogens is 206 g/mol. The molecule has 5 heteroatoms. The molecule has 1 aliphatic rings. The number of carbonyl (C=O) groups excluding carboxylic acids is 2. The summed E-state index contributed by atoms with van der Waals surface area (Å²) >= 11 is 0. The van der Waals surface area contributed by atoms with Crippen LogP contribution in [0.15, 0.2) is 0 Å². The van der Waals surface area contributed by atoms with Crippen LogP contribution >= 0.6 is 0 Å². The zero-order valence-corrected chi connectivity index (χ0v) is 9.69. The van der Waals surface area contributed by atoms with Gasteiger partial charge in [0.1, 0.15) is 6.54 Å². The molecular formula is C11H17N3O2. The summed E-state index contributed by atoms with van der Waals surface area (Å²) in [6, 6.07) is 2.06. The average molecular weight is 223 g/mol. The van der Waals surface area contributed by atoms with Crippen molar-refractivity contribution in [3.05, 3.63) is 0 Å². The minimum Gasteiger partial charge on any atom is -0.335 e. The van der Waals surface area contributed by atoms with Gasteiger partial charge in [0.15, 0.2) is 0 Å². The lowest BCUT2D eigenvalue weighted by Crippen LogP contribution is -2.47. The van der Waals surface area contributed by atoms with Crippen LogP contribution in [-0.2, 0) is 9.59 Å². The van der Waals surface area contributed by atoms with Gasteiger partial charge in [-0.25, -0.2) is 0 Å². The van der Waals surface area contributed by atoms with Crippen LogP contribution in [0, 0.1) is 11.3 Å². The van der Waals surface area contributed by atoms with Gasteiger partial charge in [-0.3, -0.25) is 9.59 Å². The van der Waals surface area contributed by atoms with Crippen molar-refractivity contribution in [3.8, 4) is 6.07 Å². The molecule has 2 unspecified atom stereocenters. The number of hydrogen-bond donors (Lipinski definition) is 1. The molecule has 16 heavy (non-hydrogen) atoms. The van der Waals surface area contributed by atoms with E-state index in [1.165, 1.54) is 0 Å². The van der Waals surface area contributed by atoms with Crippen LogP contribution in [0.1, 0.15) is 33.1 Å². The summed E-state index contributed by atoms with van der Waals surface area (Å²) in [6.07, 6.45) is 2.76. The largest absolute Gasteiger partial charge is 0.335 e. The van der Waals surface area contributed by atoms with Crippen molar-refractivity contribution in [2.75, 3.05) is 6.54 Å². The number of hydrogen-bond acceptors (Lipinski definition) is 3. The molecule has 1 fully saturated rings. The van der Waals surface area contributed by atoms with E-state index in [-0.39, 0.29) is 18.6 Å². The van der Waals surface area contributed by atoms with E-state index in [9.17, 15) is 9.59 Å². The first-order valence-electron chi connectivity index (χ1n) is 5.59. The summed E-state index contributed by atoms with van der Waals surface area (Å²) in [5.74, 6) is -1.18. The first-order valence-corrected chi connectivity index (χ1v) is 5.59. The summed E-state index contributed by atoms with van der Waals surface area (Å²) in [5, 5.41) is 10.6. The van der Waals surface area contributed by atoms with E-state index in [0.717, 1.165) is 19.3 Å². The fraction of sp³-hybridized carbons (Fsp3) is 0.727. The van der Waals surface area contributed by atoms with Crippen molar-refractivity contribution in [3.63, 3.8) is 0 Å². The number of nitrogens with zero attached hydrogens (tertiary/aromatic N) is 2. The zero-order valence-electron chi connectivity index (χ0n) is 9.69. The SMILES string of the molecule is CCC1CCC(C)N1C(=O)C(=O)NCC#N. The highest BCUT2D eigenvalue weighted by Gasteiger charge is 2.35. The van der Waals surface area contributed by atoms with Crippen LogP contribution in [0.4, 0.5) is 0 Å². The summed E-state index contributed by atoms with van der Waals surface area (Å²) in [7, 11) is 0.